The normalized spacial score (nSPS) is 16.1. The molecule has 156 valence electrons. The Bertz CT molecular complexity index is 968. The van der Waals surface area contributed by atoms with Crippen LogP contribution in [0.2, 0.25) is 0 Å². The molecule has 0 saturated carbocycles. The number of rotatable bonds is 7. The number of amides is 3. The molecule has 0 radical (unpaired) electrons. The van der Waals surface area contributed by atoms with Crippen LogP contribution in [-0.2, 0) is 9.59 Å². The maximum absolute atomic E-state index is 12.6. The van der Waals surface area contributed by atoms with E-state index in [4.69, 9.17) is 4.74 Å². The molecule has 1 heterocycles. The predicted octanol–water partition coefficient (Wildman–Crippen LogP) is 4.85. The van der Waals surface area contributed by atoms with Crippen LogP contribution in [0.5, 0.6) is 5.75 Å². The number of nitrogens with one attached hydrogen (secondary N) is 1. The number of thioether (sulfide) groups is 1. The van der Waals surface area contributed by atoms with Gasteiger partial charge in [0.2, 0.25) is 5.91 Å². The molecule has 3 rings (SSSR count). The second-order valence-electron chi connectivity index (χ2n) is 7.09. The second kappa shape index (κ2) is 9.63. The number of anilines is 1. The zero-order chi connectivity index (χ0) is 21.7. The first-order chi connectivity index (χ1) is 14.4. The topological polar surface area (TPSA) is 75.7 Å². The summed E-state index contributed by atoms with van der Waals surface area (Å²) in [5.41, 5.74) is 2.47. The van der Waals surface area contributed by atoms with E-state index in [-0.39, 0.29) is 12.6 Å². The third-order valence-corrected chi connectivity index (χ3v) is 5.51. The van der Waals surface area contributed by atoms with E-state index in [9.17, 15) is 14.4 Å². The van der Waals surface area contributed by atoms with Gasteiger partial charge in [-0.25, -0.2) is 0 Å². The quantitative estimate of drug-likeness (QED) is 0.643. The van der Waals surface area contributed by atoms with Gasteiger partial charge in [0.1, 0.15) is 12.3 Å². The zero-order valence-corrected chi connectivity index (χ0v) is 18.0. The highest BCUT2D eigenvalue weighted by atomic mass is 32.2. The van der Waals surface area contributed by atoms with E-state index >= 15 is 0 Å². The van der Waals surface area contributed by atoms with Crippen LogP contribution in [-0.4, -0.2) is 34.6 Å². The third kappa shape index (κ3) is 5.51. The number of carbonyl (C=O) groups is 3. The molecule has 1 saturated heterocycles. The molecule has 0 aromatic heterocycles. The van der Waals surface area contributed by atoms with Crippen LogP contribution in [0.25, 0.3) is 6.08 Å². The van der Waals surface area contributed by atoms with Gasteiger partial charge in [-0.1, -0.05) is 36.8 Å². The minimum absolute atomic E-state index is 0.124. The average molecular weight is 425 g/mol. The zero-order valence-electron chi connectivity index (χ0n) is 17.2. The number of hydrogen-bond donors (Lipinski definition) is 1. The molecule has 0 aliphatic carbocycles. The molecule has 3 amide bonds. The molecule has 1 atom stereocenters. The number of aryl methyl sites for hydroxylation is 1. The van der Waals surface area contributed by atoms with E-state index in [1.165, 1.54) is 0 Å². The number of nitrogens with zero attached hydrogens (tertiary/aromatic N) is 1. The van der Waals surface area contributed by atoms with Crippen molar-refractivity contribution in [1.29, 1.82) is 0 Å². The predicted molar refractivity (Wildman–Crippen MR) is 119 cm³/mol. The highest BCUT2D eigenvalue weighted by molar-refractivity contribution is 8.18. The van der Waals surface area contributed by atoms with Crippen molar-refractivity contribution in [3.05, 3.63) is 64.6 Å². The highest BCUT2D eigenvalue weighted by Gasteiger charge is 2.36. The van der Waals surface area contributed by atoms with Crippen LogP contribution in [0.4, 0.5) is 10.5 Å². The van der Waals surface area contributed by atoms with Crippen LogP contribution in [0.1, 0.15) is 31.4 Å². The van der Waals surface area contributed by atoms with E-state index < -0.39 is 17.1 Å². The smallest absolute Gasteiger partial charge is 0.294 e. The third-order valence-electron chi connectivity index (χ3n) is 4.60. The number of hydrogen-bond acceptors (Lipinski definition) is 5. The molecule has 0 unspecified atom stereocenters. The Hall–Kier alpha value is -3.06. The van der Waals surface area contributed by atoms with Gasteiger partial charge in [0.05, 0.1) is 11.0 Å². The molecule has 30 heavy (non-hydrogen) atoms. The van der Waals surface area contributed by atoms with Gasteiger partial charge < -0.3 is 10.1 Å². The monoisotopic (exact) mass is 424 g/mol. The molecule has 1 aliphatic heterocycles. The molecule has 7 heteroatoms. The van der Waals surface area contributed by atoms with Crippen molar-refractivity contribution in [3.8, 4) is 5.75 Å². The van der Waals surface area contributed by atoms with Crippen molar-refractivity contribution < 1.29 is 19.1 Å². The summed E-state index contributed by atoms with van der Waals surface area (Å²) in [5.74, 6) is -0.139. The van der Waals surface area contributed by atoms with Crippen LogP contribution >= 0.6 is 11.8 Å². The number of ether oxygens (including phenoxy) is 1. The standard InChI is InChI=1S/C23H24N2O4S/c1-4-16(3)29-19-11-7-17(8-12-19)13-20-22(27)25(23(28)30-20)14-21(26)24-18-9-5-15(2)6-10-18/h5-13,16H,4,14H2,1-3H3,(H,24,26)/b20-13-/t16-/m0/s1. The van der Waals surface area contributed by atoms with Gasteiger partial charge in [-0.2, -0.15) is 0 Å². The maximum Gasteiger partial charge on any atom is 0.294 e. The first-order valence-electron chi connectivity index (χ1n) is 9.74. The fraction of sp³-hybridized carbons (Fsp3) is 0.261. The minimum atomic E-state index is -0.469. The molecule has 1 fully saturated rings. The van der Waals surface area contributed by atoms with Crippen molar-refractivity contribution in [2.45, 2.75) is 33.3 Å². The Morgan fingerprint density at radius 2 is 1.80 bits per heavy atom. The molecule has 6 nitrogen and oxygen atoms in total. The second-order valence-corrected chi connectivity index (χ2v) is 8.08. The molecular formula is C23H24N2O4S. The van der Waals surface area contributed by atoms with Gasteiger partial charge in [0, 0.05) is 5.69 Å². The first kappa shape index (κ1) is 21.6. The first-order valence-corrected chi connectivity index (χ1v) is 10.6. The van der Waals surface area contributed by atoms with Crippen molar-refractivity contribution in [2.75, 3.05) is 11.9 Å². The van der Waals surface area contributed by atoms with E-state index in [0.717, 1.165) is 40.0 Å². The number of carbonyl (C=O) groups excluding carboxylic acids is 3. The summed E-state index contributed by atoms with van der Waals surface area (Å²) in [7, 11) is 0. The highest BCUT2D eigenvalue weighted by Crippen LogP contribution is 2.32. The minimum Gasteiger partial charge on any atom is -0.491 e. The van der Waals surface area contributed by atoms with Gasteiger partial charge in [-0.3, -0.25) is 19.3 Å². The molecule has 2 aromatic rings. The largest absolute Gasteiger partial charge is 0.491 e. The summed E-state index contributed by atoms with van der Waals surface area (Å²) in [5, 5.41) is 2.24. The van der Waals surface area contributed by atoms with Gasteiger partial charge in [0.25, 0.3) is 11.1 Å². The van der Waals surface area contributed by atoms with E-state index in [1.54, 1.807) is 18.2 Å². The molecule has 0 spiro atoms. The lowest BCUT2D eigenvalue weighted by molar-refractivity contribution is -0.127. The Balaban J connectivity index is 1.63. The van der Waals surface area contributed by atoms with Crippen molar-refractivity contribution in [1.82, 2.24) is 4.90 Å². The van der Waals surface area contributed by atoms with E-state index in [2.05, 4.69) is 12.2 Å². The Morgan fingerprint density at radius 3 is 2.43 bits per heavy atom. The molecule has 2 aromatic carbocycles. The van der Waals surface area contributed by atoms with Gasteiger partial charge in [-0.05, 0) is 67.9 Å². The van der Waals surface area contributed by atoms with E-state index in [0.29, 0.717) is 10.6 Å². The van der Waals surface area contributed by atoms with Gasteiger partial charge in [0.15, 0.2) is 0 Å². The molecular weight excluding hydrogens is 400 g/mol. The fourth-order valence-corrected chi connectivity index (χ4v) is 3.57. The van der Waals surface area contributed by atoms with Crippen molar-refractivity contribution >= 4 is 40.6 Å². The van der Waals surface area contributed by atoms with Crippen LogP contribution in [0, 0.1) is 6.92 Å². The van der Waals surface area contributed by atoms with Gasteiger partial charge >= 0.3 is 0 Å². The van der Waals surface area contributed by atoms with Crippen LogP contribution in [0.15, 0.2) is 53.4 Å². The van der Waals surface area contributed by atoms with Crippen molar-refractivity contribution in [3.63, 3.8) is 0 Å². The Morgan fingerprint density at radius 1 is 1.13 bits per heavy atom. The summed E-state index contributed by atoms with van der Waals surface area (Å²) in [6, 6.07) is 14.6. The Labute approximate surface area is 180 Å². The summed E-state index contributed by atoms with van der Waals surface area (Å²) in [6.07, 6.45) is 2.68. The van der Waals surface area contributed by atoms with Gasteiger partial charge in [-0.15, -0.1) is 0 Å². The fourth-order valence-electron chi connectivity index (χ4n) is 2.73. The summed E-state index contributed by atoms with van der Waals surface area (Å²) >= 11 is 0.833. The van der Waals surface area contributed by atoms with E-state index in [1.807, 2.05) is 50.2 Å². The molecule has 1 N–H and O–H groups in total. The maximum atomic E-state index is 12.6. The number of imide groups is 1. The number of benzene rings is 2. The lowest BCUT2D eigenvalue weighted by Gasteiger charge is -2.13. The van der Waals surface area contributed by atoms with Crippen LogP contribution in [0.3, 0.4) is 0 Å². The molecule has 1 aliphatic rings. The lowest BCUT2D eigenvalue weighted by Crippen LogP contribution is -2.36. The average Bonchev–Trinajstić information content (AvgIpc) is 2.98. The SMILES string of the molecule is CC[C@H](C)Oc1ccc(/C=C2\SC(=O)N(CC(=O)Nc3ccc(C)cc3)C2=O)cc1. The summed E-state index contributed by atoms with van der Waals surface area (Å²) < 4.78 is 5.74. The summed E-state index contributed by atoms with van der Waals surface area (Å²) in [4.78, 5) is 38.4. The lowest BCUT2D eigenvalue weighted by atomic mass is 10.2. The molecule has 0 bridgehead atoms. The Kier molecular flexibility index (Phi) is 6.95. The van der Waals surface area contributed by atoms with Crippen LogP contribution < -0.4 is 10.1 Å². The van der Waals surface area contributed by atoms with Crippen molar-refractivity contribution in [2.24, 2.45) is 0 Å². The summed E-state index contributed by atoms with van der Waals surface area (Å²) in [6.45, 7) is 5.68.